The molecule has 2 unspecified atom stereocenters. The maximum absolute atomic E-state index is 10.5. The van der Waals surface area contributed by atoms with Crippen molar-refractivity contribution in [3.63, 3.8) is 0 Å². The molecule has 2 aliphatic rings. The van der Waals surface area contributed by atoms with Crippen LogP contribution in [0.15, 0.2) is 72.8 Å². The van der Waals surface area contributed by atoms with Gasteiger partial charge >= 0.3 is 0 Å². The Kier molecular flexibility index (Phi) is 11.1. The summed E-state index contributed by atoms with van der Waals surface area (Å²) >= 11 is 12.3. The molecule has 226 valence electrons. The summed E-state index contributed by atoms with van der Waals surface area (Å²) in [5, 5.41) is 22.6. The van der Waals surface area contributed by atoms with Gasteiger partial charge in [-0.2, -0.15) is 0 Å². The Labute approximate surface area is 258 Å². The monoisotopic (exact) mass is 614 g/mol. The number of hydrogen-bond acceptors (Lipinski definition) is 8. The third-order valence-electron chi connectivity index (χ3n) is 7.74. The number of aliphatic hydroxyl groups is 2. The number of halogens is 2. The van der Waals surface area contributed by atoms with Crippen LogP contribution in [0.4, 0.5) is 11.4 Å². The lowest BCUT2D eigenvalue weighted by Crippen LogP contribution is -2.49. The van der Waals surface area contributed by atoms with Crippen LogP contribution < -0.4 is 19.3 Å². The summed E-state index contributed by atoms with van der Waals surface area (Å²) in [6.45, 7) is 8.65. The molecule has 2 saturated heterocycles. The molecule has 2 atom stereocenters. The molecule has 0 spiro atoms. The number of β-amino-alcohol motifs (C(OH)–C–C–N with tert-alkyl or cyclic N) is 2. The minimum atomic E-state index is -0.582. The van der Waals surface area contributed by atoms with Gasteiger partial charge in [0.1, 0.15) is 36.9 Å². The van der Waals surface area contributed by atoms with E-state index in [9.17, 15) is 10.2 Å². The molecular weight excluding hydrogens is 575 g/mol. The number of benzene rings is 3. The summed E-state index contributed by atoms with van der Waals surface area (Å²) in [5.41, 5.74) is 2.27. The SMILES string of the molecule is OC(COc1ccc(OCC(O)CN2CCN(c3cccc(Cl)c3)CC2)cc1)CN1CCN(c2cccc(Cl)c2)CC1. The number of rotatable bonds is 12. The minimum absolute atomic E-state index is 0.220. The fourth-order valence-electron chi connectivity index (χ4n) is 5.44. The minimum Gasteiger partial charge on any atom is -0.491 e. The van der Waals surface area contributed by atoms with Crippen LogP contribution in [0.5, 0.6) is 11.5 Å². The van der Waals surface area contributed by atoms with Crippen LogP contribution in [0, 0.1) is 0 Å². The fraction of sp³-hybridized carbons (Fsp3) is 0.438. The molecule has 3 aromatic carbocycles. The summed E-state index contributed by atoms with van der Waals surface area (Å²) in [6.07, 6.45) is -1.16. The van der Waals surface area contributed by atoms with Gasteiger partial charge in [-0.05, 0) is 60.7 Å². The van der Waals surface area contributed by atoms with Gasteiger partial charge < -0.3 is 29.5 Å². The normalized spacial score (nSPS) is 18.1. The zero-order chi connectivity index (χ0) is 29.3. The second kappa shape index (κ2) is 15.1. The van der Waals surface area contributed by atoms with E-state index in [4.69, 9.17) is 32.7 Å². The molecule has 10 heteroatoms. The van der Waals surface area contributed by atoms with Gasteiger partial charge in [0, 0.05) is 86.9 Å². The number of nitrogens with zero attached hydrogens (tertiary/aromatic N) is 4. The summed E-state index contributed by atoms with van der Waals surface area (Å²) in [6, 6.07) is 23.2. The predicted molar refractivity (Wildman–Crippen MR) is 170 cm³/mol. The smallest absolute Gasteiger partial charge is 0.119 e. The van der Waals surface area contributed by atoms with Crippen molar-refractivity contribution in [1.82, 2.24) is 9.80 Å². The van der Waals surface area contributed by atoms with Gasteiger partial charge in [-0.1, -0.05) is 35.3 Å². The van der Waals surface area contributed by atoms with Crippen LogP contribution in [0.25, 0.3) is 0 Å². The van der Waals surface area contributed by atoms with Gasteiger partial charge in [0.15, 0.2) is 0 Å². The van der Waals surface area contributed by atoms with Crippen molar-refractivity contribution in [2.75, 3.05) is 88.5 Å². The van der Waals surface area contributed by atoms with Crippen LogP contribution in [0.3, 0.4) is 0 Å². The van der Waals surface area contributed by atoms with Gasteiger partial charge in [0.25, 0.3) is 0 Å². The Balaban J connectivity index is 0.956. The predicted octanol–water partition coefficient (Wildman–Crippen LogP) is 4.12. The third-order valence-corrected chi connectivity index (χ3v) is 8.21. The maximum Gasteiger partial charge on any atom is 0.119 e. The Morgan fingerprint density at radius 2 is 0.952 bits per heavy atom. The van der Waals surface area contributed by atoms with Crippen molar-refractivity contribution in [1.29, 1.82) is 0 Å². The van der Waals surface area contributed by atoms with E-state index in [-0.39, 0.29) is 13.2 Å². The van der Waals surface area contributed by atoms with E-state index in [1.807, 2.05) is 60.7 Å². The summed E-state index contributed by atoms with van der Waals surface area (Å²) < 4.78 is 11.6. The molecule has 0 bridgehead atoms. The van der Waals surface area contributed by atoms with Crippen LogP contribution in [-0.2, 0) is 0 Å². The third kappa shape index (κ3) is 9.14. The van der Waals surface area contributed by atoms with E-state index in [0.717, 1.165) is 73.8 Å². The van der Waals surface area contributed by atoms with E-state index < -0.39 is 12.2 Å². The summed E-state index contributed by atoms with van der Waals surface area (Å²) in [4.78, 5) is 9.16. The first-order chi connectivity index (χ1) is 20.4. The highest BCUT2D eigenvalue weighted by molar-refractivity contribution is 6.31. The van der Waals surface area contributed by atoms with Crippen molar-refractivity contribution in [3.05, 3.63) is 82.8 Å². The Morgan fingerprint density at radius 3 is 1.31 bits per heavy atom. The lowest BCUT2D eigenvalue weighted by Gasteiger charge is -2.37. The van der Waals surface area contributed by atoms with Crippen molar-refractivity contribution in [2.45, 2.75) is 12.2 Å². The Bertz CT molecular complexity index is 1150. The lowest BCUT2D eigenvalue weighted by atomic mass is 10.2. The van der Waals surface area contributed by atoms with Crippen molar-refractivity contribution < 1.29 is 19.7 Å². The molecule has 2 aliphatic heterocycles. The molecule has 5 rings (SSSR count). The van der Waals surface area contributed by atoms with Crippen molar-refractivity contribution >= 4 is 34.6 Å². The number of piperazine rings is 2. The molecule has 3 aromatic rings. The van der Waals surface area contributed by atoms with E-state index in [0.29, 0.717) is 24.6 Å². The summed E-state index contributed by atoms with van der Waals surface area (Å²) in [7, 11) is 0. The van der Waals surface area contributed by atoms with Crippen LogP contribution in [0.2, 0.25) is 10.0 Å². The molecule has 0 aliphatic carbocycles. The first-order valence-corrected chi connectivity index (χ1v) is 15.3. The van der Waals surface area contributed by atoms with E-state index in [1.165, 1.54) is 0 Å². The van der Waals surface area contributed by atoms with Gasteiger partial charge in [-0.15, -0.1) is 0 Å². The van der Waals surface area contributed by atoms with Gasteiger partial charge in [-0.3, -0.25) is 9.80 Å². The summed E-state index contributed by atoms with van der Waals surface area (Å²) in [5.74, 6) is 1.34. The lowest BCUT2D eigenvalue weighted by molar-refractivity contribution is 0.0650. The molecule has 0 saturated carbocycles. The highest BCUT2D eigenvalue weighted by Gasteiger charge is 2.21. The number of anilines is 2. The molecule has 0 amide bonds. The fourth-order valence-corrected chi connectivity index (χ4v) is 5.81. The second-order valence-corrected chi connectivity index (χ2v) is 11.8. The van der Waals surface area contributed by atoms with Gasteiger partial charge in [-0.25, -0.2) is 0 Å². The van der Waals surface area contributed by atoms with E-state index >= 15 is 0 Å². The Morgan fingerprint density at radius 1 is 0.571 bits per heavy atom. The second-order valence-electron chi connectivity index (χ2n) is 10.9. The highest BCUT2D eigenvalue weighted by atomic mass is 35.5. The average Bonchev–Trinajstić information content (AvgIpc) is 3.00. The zero-order valence-electron chi connectivity index (χ0n) is 23.8. The number of ether oxygens (including phenoxy) is 2. The molecule has 2 heterocycles. The quantitative estimate of drug-likeness (QED) is 0.316. The van der Waals surface area contributed by atoms with Crippen LogP contribution >= 0.6 is 23.2 Å². The largest absolute Gasteiger partial charge is 0.491 e. The maximum atomic E-state index is 10.5. The molecule has 0 radical (unpaired) electrons. The molecule has 8 nitrogen and oxygen atoms in total. The van der Waals surface area contributed by atoms with Crippen LogP contribution in [-0.4, -0.2) is 111 Å². The Hall–Kier alpha value is -2.72. The van der Waals surface area contributed by atoms with Gasteiger partial charge in [0.2, 0.25) is 0 Å². The van der Waals surface area contributed by atoms with E-state index in [2.05, 4.69) is 31.7 Å². The first kappa shape index (κ1) is 30.7. The van der Waals surface area contributed by atoms with Crippen LogP contribution in [0.1, 0.15) is 0 Å². The zero-order valence-corrected chi connectivity index (χ0v) is 25.3. The molecule has 2 fully saturated rings. The number of aliphatic hydroxyl groups excluding tert-OH is 2. The van der Waals surface area contributed by atoms with Crippen molar-refractivity contribution in [2.24, 2.45) is 0 Å². The topological polar surface area (TPSA) is 71.9 Å². The molecular formula is C32H40Cl2N4O4. The molecule has 2 N–H and O–H groups in total. The van der Waals surface area contributed by atoms with Crippen molar-refractivity contribution in [3.8, 4) is 11.5 Å². The standard InChI is InChI=1S/C32H40Cl2N4O4/c33-25-3-1-5-27(19-25)37-15-11-35(12-16-37)21-29(39)23-41-31-7-9-32(10-8-31)42-24-30(40)22-36-13-17-38(18-14-36)28-6-2-4-26(34)20-28/h1-10,19-20,29-30,39-40H,11-18,21-24H2. The molecule has 42 heavy (non-hydrogen) atoms. The molecule has 0 aromatic heterocycles. The highest BCUT2D eigenvalue weighted by Crippen LogP contribution is 2.23. The average molecular weight is 616 g/mol. The van der Waals surface area contributed by atoms with E-state index in [1.54, 1.807) is 0 Å². The first-order valence-electron chi connectivity index (χ1n) is 14.6. The van der Waals surface area contributed by atoms with Gasteiger partial charge in [0.05, 0.1) is 0 Å². The number of hydrogen-bond donors (Lipinski definition) is 2.